The molecule has 29 heavy (non-hydrogen) atoms. The van der Waals surface area contributed by atoms with E-state index < -0.39 is 6.17 Å². The number of aliphatic imine (C=N–C) groups is 1. The first-order valence-electron chi connectivity index (χ1n) is 9.41. The number of hydrogen-bond acceptors (Lipinski definition) is 3. The Bertz CT molecular complexity index is 1010. The number of anilines is 1. The van der Waals surface area contributed by atoms with Crippen molar-refractivity contribution in [2.75, 3.05) is 11.9 Å². The lowest BCUT2D eigenvalue weighted by Gasteiger charge is -2.29. The SMILES string of the molecule is CN1C(=O)C(NC(=S)NC2CCC2)N=C(c2ccccc2Cl)c2cc(Cl)ccc21. The number of benzodiazepines with no additional fused rings is 1. The van der Waals surface area contributed by atoms with Gasteiger partial charge in [-0.15, -0.1) is 0 Å². The van der Waals surface area contributed by atoms with E-state index in [9.17, 15) is 4.79 Å². The Morgan fingerprint density at radius 2 is 1.90 bits per heavy atom. The van der Waals surface area contributed by atoms with E-state index in [0.717, 1.165) is 24.0 Å². The molecule has 0 aromatic heterocycles. The molecule has 2 aromatic carbocycles. The highest BCUT2D eigenvalue weighted by Gasteiger charge is 2.31. The monoisotopic (exact) mass is 446 g/mol. The predicted octanol–water partition coefficient (Wildman–Crippen LogP) is 4.15. The van der Waals surface area contributed by atoms with Crippen LogP contribution in [0.4, 0.5) is 5.69 Å². The summed E-state index contributed by atoms with van der Waals surface area (Å²) in [7, 11) is 1.72. The maximum absolute atomic E-state index is 13.2. The van der Waals surface area contributed by atoms with Crippen LogP contribution in [-0.4, -0.2) is 36.0 Å². The second-order valence-corrected chi connectivity index (χ2v) is 8.42. The summed E-state index contributed by atoms with van der Waals surface area (Å²) in [5, 5.41) is 7.84. The van der Waals surface area contributed by atoms with Gasteiger partial charge in [-0.1, -0.05) is 41.4 Å². The molecule has 8 heteroatoms. The molecule has 0 radical (unpaired) electrons. The van der Waals surface area contributed by atoms with Gasteiger partial charge in [0.15, 0.2) is 5.11 Å². The number of nitrogens with one attached hydrogen (secondary N) is 2. The molecule has 2 aromatic rings. The van der Waals surface area contributed by atoms with Gasteiger partial charge in [0.2, 0.25) is 6.17 Å². The van der Waals surface area contributed by atoms with E-state index in [0.29, 0.717) is 32.6 Å². The van der Waals surface area contributed by atoms with Crippen LogP contribution in [0.5, 0.6) is 0 Å². The van der Waals surface area contributed by atoms with E-state index in [1.54, 1.807) is 30.1 Å². The first kappa shape index (κ1) is 20.1. The number of carbonyl (C=O) groups is 1. The van der Waals surface area contributed by atoms with Gasteiger partial charge in [-0.05, 0) is 55.7 Å². The van der Waals surface area contributed by atoms with E-state index in [4.69, 9.17) is 40.4 Å². The van der Waals surface area contributed by atoms with Crippen molar-refractivity contribution in [2.45, 2.75) is 31.5 Å². The Morgan fingerprint density at radius 1 is 1.14 bits per heavy atom. The number of rotatable bonds is 3. The third-order valence-corrected chi connectivity index (χ3v) is 6.04. The van der Waals surface area contributed by atoms with Crippen LogP contribution < -0.4 is 15.5 Å². The topological polar surface area (TPSA) is 56.7 Å². The van der Waals surface area contributed by atoms with Crippen molar-refractivity contribution in [1.82, 2.24) is 10.6 Å². The van der Waals surface area contributed by atoms with Crippen LogP contribution in [-0.2, 0) is 4.79 Å². The Morgan fingerprint density at radius 3 is 2.59 bits per heavy atom. The summed E-state index contributed by atoms with van der Waals surface area (Å²) in [5.74, 6) is -0.214. The summed E-state index contributed by atoms with van der Waals surface area (Å²) < 4.78 is 0. The fourth-order valence-electron chi connectivity index (χ4n) is 3.41. The summed E-state index contributed by atoms with van der Waals surface area (Å²) in [6.45, 7) is 0. The standard InChI is InChI=1S/C21H20Cl2N4OS/c1-27-17-10-9-12(22)11-15(17)18(14-7-2-3-8-16(14)23)25-19(20(27)28)26-21(29)24-13-5-4-6-13/h2-3,7-11,13,19H,4-6H2,1H3,(H2,24,26,29). The first-order valence-corrected chi connectivity index (χ1v) is 10.6. The highest BCUT2D eigenvalue weighted by atomic mass is 35.5. The number of hydrogen-bond donors (Lipinski definition) is 2. The van der Waals surface area contributed by atoms with Gasteiger partial charge in [0.05, 0.1) is 11.4 Å². The van der Waals surface area contributed by atoms with Crippen LogP contribution in [0.1, 0.15) is 30.4 Å². The molecule has 1 heterocycles. The van der Waals surface area contributed by atoms with Crippen molar-refractivity contribution >= 4 is 57.8 Å². The Labute approximate surface area is 185 Å². The lowest BCUT2D eigenvalue weighted by Crippen LogP contribution is -2.52. The second-order valence-electron chi connectivity index (χ2n) is 7.16. The van der Waals surface area contributed by atoms with Gasteiger partial charge >= 0.3 is 0 Å². The van der Waals surface area contributed by atoms with Crippen LogP contribution >= 0.6 is 35.4 Å². The van der Waals surface area contributed by atoms with Crippen molar-refractivity contribution in [3.63, 3.8) is 0 Å². The van der Waals surface area contributed by atoms with E-state index in [1.165, 1.54) is 6.42 Å². The Balaban J connectivity index is 1.77. The fourth-order valence-corrected chi connectivity index (χ4v) is 4.09. The van der Waals surface area contributed by atoms with Gasteiger partial charge in [0, 0.05) is 34.3 Å². The van der Waals surface area contributed by atoms with Gasteiger partial charge in [0.25, 0.3) is 5.91 Å². The smallest absolute Gasteiger partial charge is 0.272 e. The average Bonchev–Trinajstić information content (AvgIpc) is 2.76. The van der Waals surface area contributed by atoms with Gasteiger partial charge < -0.3 is 15.5 Å². The fraction of sp³-hybridized carbons (Fsp3) is 0.286. The molecule has 1 unspecified atom stereocenters. The van der Waals surface area contributed by atoms with E-state index in [2.05, 4.69) is 10.6 Å². The maximum Gasteiger partial charge on any atom is 0.272 e. The molecular formula is C21H20Cl2N4OS. The highest BCUT2D eigenvalue weighted by Crippen LogP contribution is 2.31. The summed E-state index contributed by atoms with van der Waals surface area (Å²) in [5.41, 5.74) is 2.77. The van der Waals surface area contributed by atoms with Crippen molar-refractivity contribution < 1.29 is 4.79 Å². The summed E-state index contributed by atoms with van der Waals surface area (Å²) in [4.78, 5) is 19.5. The van der Waals surface area contributed by atoms with Crippen LogP contribution in [0, 0.1) is 0 Å². The van der Waals surface area contributed by atoms with Crippen LogP contribution in [0.2, 0.25) is 10.0 Å². The normalized spacial score (nSPS) is 19.0. The minimum atomic E-state index is -0.877. The first-order chi connectivity index (χ1) is 13.9. The minimum absolute atomic E-state index is 0.214. The molecule has 2 N–H and O–H groups in total. The number of carbonyl (C=O) groups excluding carboxylic acids is 1. The molecule has 0 spiro atoms. The number of amides is 1. The molecule has 0 saturated heterocycles. The number of thiocarbonyl (C=S) groups is 1. The number of fused-ring (bicyclic) bond motifs is 1. The lowest BCUT2D eigenvalue weighted by molar-refractivity contribution is -0.119. The van der Waals surface area contributed by atoms with Gasteiger partial charge in [-0.2, -0.15) is 0 Å². The summed E-state index contributed by atoms with van der Waals surface area (Å²) in [6.07, 6.45) is 2.48. The molecule has 1 fully saturated rings. The number of nitrogens with zero attached hydrogens (tertiary/aromatic N) is 2. The molecule has 1 aliphatic carbocycles. The molecule has 1 amide bonds. The average molecular weight is 447 g/mol. The molecule has 2 aliphatic rings. The molecule has 0 bridgehead atoms. The van der Waals surface area contributed by atoms with Gasteiger partial charge in [0.1, 0.15) is 0 Å². The molecule has 5 nitrogen and oxygen atoms in total. The Kier molecular flexibility index (Phi) is 5.76. The van der Waals surface area contributed by atoms with Gasteiger partial charge in [-0.25, -0.2) is 4.99 Å². The van der Waals surface area contributed by atoms with Crippen molar-refractivity contribution in [1.29, 1.82) is 0 Å². The van der Waals surface area contributed by atoms with Crippen molar-refractivity contribution in [3.05, 3.63) is 63.6 Å². The van der Waals surface area contributed by atoms with E-state index in [-0.39, 0.29) is 5.91 Å². The number of halogens is 2. The van der Waals surface area contributed by atoms with Crippen molar-refractivity contribution in [3.8, 4) is 0 Å². The number of benzene rings is 2. The second kappa shape index (κ2) is 8.30. The molecule has 150 valence electrons. The molecule has 4 rings (SSSR count). The third kappa shape index (κ3) is 4.10. The van der Waals surface area contributed by atoms with E-state index in [1.807, 2.05) is 24.3 Å². The predicted molar refractivity (Wildman–Crippen MR) is 122 cm³/mol. The van der Waals surface area contributed by atoms with E-state index >= 15 is 0 Å². The lowest BCUT2D eigenvalue weighted by atomic mass is 9.93. The van der Waals surface area contributed by atoms with Crippen LogP contribution in [0.3, 0.4) is 0 Å². The molecular weight excluding hydrogens is 427 g/mol. The third-order valence-electron chi connectivity index (χ3n) is 5.23. The molecule has 1 atom stereocenters. The highest BCUT2D eigenvalue weighted by molar-refractivity contribution is 7.80. The number of likely N-dealkylation sites (N-methyl/N-ethyl adjacent to an activating group) is 1. The van der Waals surface area contributed by atoms with Crippen LogP contribution in [0.15, 0.2) is 47.5 Å². The zero-order valence-corrected chi connectivity index (χ0v) is 18.1. The van der Waals surface area contributed by atoms with Crippen molar-refractivity contribution in [2.24, 2.45) is 4.99 Å². The quantitative estimate of drug-likeness (QED) is 0.695. The summed E-state index contributed by atoms with van der Waals surface area (Å²) in [6, 6.07) is 13.1. The minimum Gasteiger partial charge on any atom is -0.360 e. The molecule has 1 aliphatic heterocycles. The van der Waals surface area contributed by atoms with Gasteiger partial charge in [-0.3, -0.25) is 4.79 Å². The largest absolute Gasteiger partial charge is 0.360 e. The summed E-state index contributed by atoms with van der Waals surface area (Å²) >= 11 is 18.2. The molecule has 1 saturated carbocycles. The maximum atomic E-state index is 13.2. The van der Waals surface area contributed by atoms with Crippen LogP contribution in [0.25, 0.3) is 0 Å². The zero-order valence-electron chi connectivity index (χ0n) is 15.8. The Hall–Kier alpha value is -2.15. The zero-order chi connectivity index (χ0) is 20.5.